The van der Waals surface area contributed by atoms with Crippen molar-refractivity contribution < 1.29 is 41.7 Å². The van der Waals surface area contributed by atoms with E-state index in [1.54, 1.807) is 0 Å². The Labute approximate surface area is 151 Å². The molecule has 0 heterocycles. The molecule has 3 N–H and O–H groups in total. The Morgan fingerprint density at radius 3 is 2.04 bits per heavy atom. The minimum Gasteiger partial charge on any atom is -0.726 e. The zero-order valence-corrected chi connectivity index (χ0v) is 16.4. The van der Waals surface area contributed by atoms with Gasteiger partial charge in [0.05, 0.1) is 34.0 Å². The molecule has 1 unspecified atom stereocenters. The first-order valence-electron chi connectivity index (χ1n) is 8.46. The first-order chi connectivity index (χ1) is 11.6. The summed E-state index contributed by atoms with van der Waals surface area (Å²) in [6, 6.07) is 0. The standard InChI is InChI=1S/C14H32NO4.CH4O4S/c1-3-4-5-6-11-19-13-14(18)12-15(2,7-9-16)8-10-17;1-5-6(2,3)4/h14,16-18H,3-13H2,1-2H3;1H3,(H,2,3,4)/q+1;/p-1. The van der Waals surface area contributed by atoms with Gasteiger partial charge < -0.3 is 29.1 Å². The molecule has 0 aliphatic heterocycles. The number of aliphatic hydroxyl groups is 3. The van der Waals surface area contributed by atoms with Gasteiger partial charge in [0.2, 0.25) is 10.4 Å². The molecule has 0 aromatic rings. The fourth-order valence-corrected chi connectivity index (χ4v) is 2.19. The van der Waals surface area contributed by atoms with Gasteiger partial charge >= 0.3 is 0 Å². The summed E-state index contributed by atoms with van der Waals surface area (Å²) in [6.45, 7) is 4.88. The van der Waals surface area contributed by atoms with Crippen molar-refractivity contribution in [3.05, 3.63) is 0 Å². The monoisotopic (exact) mass is 389 g/mol. The van der Waals surface area contributed by atoms with E-state index in [9.17, 15) is 18.1 Å². The number of likely N-dealkylation sites (N-methyl/N-ethyl adjacent to an activating group) is 1. The molecule has 1 atom stereocenters. The van der Waals surface area contributed by atoms with Crippen LogP contribution >= 0.6 is 0 Å². The fraction of sp³-hybridized carbons (Fsp3) is 1.00. The lowest BCUT2D eigenvalue weighted by Gasteiger charge is -2.35. The number of hydrogen-bond donors (Lipinski definition) is 3. The summed E-state index contributed by atoms with van der Waals surface area (Å²) < 4.78 is 36.9. The Hall–Kier alpha value is -0.330. The Kier molecular flexibility index (Phi) is 17.1. The highest BCUT2D eigenvalue weighted by atomic mass is 32.3. The summed E-state index contributed by atoms with van der Waals surface area (Å²) in [6.07, 6.45) is 4.11. The van der Waals surface area contributed by atoms with Crippen molar-refractivity contribution in [2.75, 3.05) is 60.2 Å². The van der Waals surface area contributed by atoms with E-state index in [1.165, 1.54) is 19.3 Å². The quantitative estimate of drug-likeness (QED) is 0.156. The van der Waals surface area contributed by atoms with Crippen LogP contribution in [0.15, 0.2) is 0 Å². The van der Waals surface area contributed by atoms with Crippen LogP contribution in [0.2, 0.25) is 0 Å². The number of quaternary nitrogens is 1. The van der Waals surface area contributed by atoms with Crippen LogP contribution in [0.25, 0.3) is 0 Å². The van der Waals surface area contributed by atoms with E-state index >= 15 is 0 Å². The predicted octanol–water partition coefficient (Wildman–Crippen LogP) is -0.532. The second-order valence-corrected chi connectivity index (χ2v) is 7.21. The molecule has 0 fully saturated rings. The molecule has 0 aliphatic rings. The number of nitrogens with zero attached hydrogens (tertiary/aromatic N) is 1. The minimum absolute atomic E-state index is 0.0566. The normalized spacial score (nSPS) is 13.2. The summed E-state index contributed by atoms with van der Waals surface area (Å²) in [5, 5.41) is 28.0. The highest BCUT2D eigenvalue weighted by Crippen LogP contribution is 2.05. The molecule has 25 heavy (non-hydrogen) atoms. The van der Waals surface area contributed by atoms with Crippen molar-refractivity contribution in [1.29, 1.82) is 0 Å². The first-order valence-corrected chi connectivity index (χ1v) is 9.80. The summed E-state index contributed by atoms with van der Waals surface area (Å²) in [5.41, 5.74) is 0. The number of unbranched alkanes of at least 4 members (excludes halogenated alkanes) is 3. The molecule has 0 radical (unpaired) electrons. The highest BCUT2D eigenvalue weighted by molar-refractivity contribution is 7.80. The summed E-state index contributed by atoms with van der Waals surface area (Å²) in [5.74, 6) is 0. The van der Waals surface area contributed by atoms with Crippen molar-refractivity contribution in [3.63, 3.8) is 0 Å². The van der Waals surface area contributed by atoms with Gasteiger partial charge in [0.15, 0.2) is 0 Å². The minimum atomic E-state index is -4.41. The van der Waals surface area contributed by atoms with Gasteiger partial charge in [-0.05, 0) is 6.42 Å². The summed E-state index contributed by atoms with van der Waals surface area (Å²) in [4.78, 5) is 0. The van der Waals surface area contributed by atoms with Gasteiger partial charge in [0, 0.05) is 6.61 Å². The molecule has 10 heteroatoms. The Morgan fingerprint density at radius 1 is 1.12 bits per heavy atom. The third-order valence-corrected chi connectivity index (χ3v) is 4.00. The van der Waals surface area contributed by atoms with Gasteiger partial charge in [-0.3, -0.25) is 4.18 Å². The fourth-order valence-electron chi connectivity index (χ4n) is 2.19. The topological polar surface area (TPSA) is 136 Å². The van der Waals surface area contributed by atoms with Crippen LogP contribution in [-0.2, 0) is 19.3 Å². The zero-order chi connectivity index (χ0) is 19.8. The van der Waals surface area contributed by atoms with E-state index in [4.69, 9.17) is 14.9 Å². The lowest BCUT2D eigenvalue weighted by molar-refractivity contribution is -0.913. The Morgan fingerprint density at radius 2 is 1.64 bits per heavy atom. The third kappa shape index (κ3) is 19.8. The van der Waals surface area contributed by atoms with Crippen LogP contribution in [0.5, 0.6) is 0 Å². The third-order valence-electron chi connectivity index (χ3n) is 3.59. The van der Waals surface area contributed by atoms with Crippen LogP contribution in [-0.4, -0.2) is 99.1 Å². The van der Waals surface area contributed by atoms with E-state index in [1.807, 2.05) is 7.05 Å². The van der Waals surface area contributed by atoms with Crippen LogP contribution in [0.1, 0.15) is 32.6 Å². The van der Waals surface area contributed by atoms with Gasteiger partial charge in [0.1, 0.15) is 25.7 Å². The van der Waals surface area contributed by atoms with Gasteiger partial charge in [-0.25, -0.2) is 8.42 Å². The van der Waals surface area contributed by atoms with Gasteiger partial charge in [-0.2, -0.15) is 0 Å². The molecule has 0 amide bonds. The largest absolute Gasteiger partial charge is 0.726 e. The lowest BCUT2D eigenvalue weighted by atomic mass is 10.2. The molecule has 0 aliphatic carbocycles. The zero-order valence-electron chi connectivity index (χ0n) is 15.6. The Bertz CT molecular complexity index is 385. The number of ether oxygens (including phenoxy) is 1. The maximum Gasteiger partial charge on any atom is 0.217 e. The molecule has 0 aromatic carbocycles. The highest BCUT2D eigenvalue weighted by Gasteiger charge is 2.24. The first kappa shape index (κ1) is 26.9. The molecule has 0 rings (SSSR count). The molecule has 0 spiro atoms. The summed E-state index contributed by atoms with van der Waals surface area (Å²) in [7, 11) is -1.68. The van der Waals surface area contributed by atoms with Crippen molar-refractivity contribution >= 4 is 10.4 Å². The van der Waals surface area contributed by atoms with Crippen LogP contribution in [0.4, 0.5) is 0 Å². The molecule has 0 bridgehead atoms. The van der Waals surface area contributed by atoms with E-state index in [0.717, 1.165) is 13.5 Å². The van der Waals surface area contributed by atoms with E-state index < -0.39 is 16.5 Å². The van der Waals surface area contributed by atoms with E-state index in [2.05, 4.69) is 11.1 Å². The number of hydrogen-bond acceptors (Lipinski definition) is 8. The maximum atomic E-state index is 9.94. The molecule has 0 aromatic heterocycles. The molecular formula is C15H35NO8S. The molecule has 0 saturated carbocycles. The second-order valence-electron chi connectivity index (χ2n) is 6.06. The van der Waals surface area contributed by atoms with Crippen LogP contribution in [0, 0.1) is 0 Å². The smallest absolute Gasteiger partial charge is 0.217 e. The van der Waals surface area contributed by atoms with Crippen molar-refractivity contribution in [2.24, 2.45) is 0 Å². The average molecular weight is 390 g/mol. The van der Waals surface area contributed by atoms with E-state index in [-0.39, 0.29) is 13.2 Å². The van der Waals surface area contributed by atoms with Gasteiger partial charge in [0.25, 0.3) is 0 Å². The van der Waals surface area contributed by atoms with Crippen LogP contribution in [0.3, 0.4) is 0 Å². The maximum absolute atomic E-state index is 9.94. The SMILES string of the molecule is CCCCCCOCC(O)C[N+](C)(CCO)CCO.COS(=O)(=O)[O-]. The lowest BCUT2D eigenvalue weighted by Crippen LogP contribution is -2.52. The molecule has 154 valence electrons. The average Bonchev–Trinajstić information content (AvgIpc) is 2.51. The molecule has 9 nitrogen and oxygen atoms in total. The van der Waals surface area contributed by atoms with Crippen LogP contribution < -0.4 is 0 Å². The molecular weight excluding hydrogens is 354 g/mol. The van der Waals surface area contributed by atoms with Gasteiger partial charge in [-0.15, -0.1) is 0 Å². The number of aliphatic hydroxyl groups excluding tert-OH is 3. The second kappa shape index (κ2) is 15.9. The van der Waals surface area contributed by atoms with Crippen molar-refractivity contribution in [3.8, 4) is 0 Å². The number of rotatable bonds is 14. The predicted molar refractivity (Wildman–Crippen MR) is 92.6 cm³/mol. The Balaban J connectivity index is 0. The van der Waals surface area contributed by atoms with Crippen molar-refractivity contribution in [2.45, 2.75) is 38.7 Å². The van der Waals surface area contributed by atoms with Gasteiger partial charge in [-0.1, -0.05) is 26.2 Å². The van der Waals surface area contributed by atoms with Crippen molar-refractivity contribution in [1.82, 2.24) is 0 Å². The summed E-state index contributed by atoms with van der Waals surface area (Å²) >= 11 is 0. The molecule has 0 saturated heterocycles. The van der Waals surface area contributed by atoms with E-state index in [0.29, 0.717) is 37.3 Å².